The third-order valence-electron chi connectivity index (χ3n) is 4.32. The van der Waals surface area contributed by atoms with Gasteiger partial charge in [-0.05, 0) is 32.2 Å². The van der Waals surface area contributed by atoms with E-state index in [4.69, 9.17) is 4.74 Å². The van der Waals surface area contributed by atoms with Crippen LogP contribution in [0.3, 0.4) is 0 Å². The Morgan fingerprint density at radius 2 is 2.06 bits per heavy atom. The average Bonchev–Trinajstić information content (AvgIpc) is 2.63. The largest absolute Gasteiger partial charge is 0.378 e. The molecule has 3 fully saturated rings. The van der Waals surface area contributed by atoms with Gasteiger partial charge in [-0.15, -0.1) is 12.4 Å². The normalized spacial score (nSPS) is 45.4. The van der Waals surface area contributed by atoms with E-state index < -0.39 is 17.3 Å². The van der Waals surface area contributed by atoms with E-state index in [1.165, 1.54) is 0 Å². The summed E-state index contributed by atoms with van der Waals surface area (Å²) in [6, 6.07) is 0. The molecule has 0 radical (unpaired) electrons. The number of rotatable bonds is 1. The summed E-state index contributed by atoms with van der Waals surface area (Å²) in [5.41, 5.74) is -0.764. The van der Waals surface area contributed by atoms with Crippen molar-refractivity contribution < 1.29 is 13.5 Å². The maximum Gasteiger partial charge on any atom is 0.261 e. The molecule has 5 heteroatoms. The fourth-order valence-electron chi connectivity index (χ4n) is 3.47. The minimum absolute atomic E-state index is 0. The van der Waals surface area contributed by atoms with Gasteiger partial charge in [0.1, 0.15) is 0 Å². The number of hydrogen-bond acceptors (Lipinski definition) is 2. The van der Waals surface area contributed by atoms with Crippen LogP contribution >= 0.6 is 12.4 Å². The molecule has 2 aliphatic heterocycles. The Morgan fingerprint density at radius 3 is 2.62 bits per heavy atom. The fraction of sp³-hybridized carbons (Fsp3) is 1.00. The Balaban J connectivity index is 0.000000963. The number of alkyl halides is 2. The molecular formula is C11H18ClF2NO. The van der Waals surface area contributed by atoms with Crippen molar-refractivity contribution in [3.63, 3.8) is 0 Å². The molecule has 16 heavy (non-hydrogen) atoms. The molecule has 3 rings (SSSR count). The Bertz CT molecular complexity index is 263. The topological polar surface area (TPSA) is 21.3 Å². The van der Waals surface area contributed by atoms with E-state index in [1.54, 1.807) is 0 Å². The highest BCUT2D eigenvalue weighted by Crippen LogP contribution is 2.71. The molecular weight excluding hydrogens is 236 g/mol. The first kappa shape index (κ1) is 12.5. The zero-order valence-corrected chi connectivity index (χ0v) is 9.99. The minimum Gasteiger partial charge on any atom is -0.378 e. The molecule has 0 aromatic heterocycles. The zero-order valence-electron chi connectivity index (χ0n) is 9.18. The summed E-state index contributed by atoms with van der Waals surface area (Å²) in [7, 11) is 0. The molecule has 0 aromatic rings. The van der Waals surface area contributed by atoms with E-state index in [2.05, 4.69) is 5.32 Å². The van der Waals surface area contributed by atoms with Crippen LogP contribution in [0, 0.1) is 11.3 Å². The molecule has 2 saturated heterocycles. The molecule has 0 bridgehead atoms. The SMILES string of the molecule is Cl.FC1(F)C(C2CCCO2)C12CCCNC2. The third-order valence-corrected chi connectivity index (χ3v) is 4.32. The number of nitrogens with one attached hydrogen (secondary N) is 1. The van der Waals surface area contributed by atoms with E-state index in [0.29, 0.717) is 19.6 Å². The second kappa shape index (κ2) is 4.07. The van der Waals surface area contributed by atoms with Gasteiger partial charge in [0.15, 0.2) is 0 Å². The second-order valence-corrected chi connectivity index (χ2v) is 5.09. The molecule has 3 aliphatic rings. The van der Waals surface area contributed by atoms with E-state index in [9.17, 15) is 8.78 Å². The van der Waals surface area contributed by atoms with Gasteiger partial charge in [0.2, 0.25) is 0 Å². The second-order valence-electron chi connectivity index (χ2n) is 5.09. The maximum absolute atomic E-state index is 13.9. The van der Waals surface area contributed by atoms with Crippen LogP contribution in [-0.4, -0.2) is 31.7 Å². The van der Waals surface area contributed by atoms with Gasteiger partial charge in [0, 0.05) is 13.2 Å². The molecule has 1 aliphatic carbocycles. The summed E-state index contributed by atoms with van der Waals surface area (Å²) in [5.74, 6) is -3.00. The predicted octanol–water partition coefficient (Wildman–Crippen LogP) is 2.22. The third kappa shape index (κ3) is 1.50. The van der Waals surface area contributed by atoms with Crippen molar-refractivity contribution in [3.8, 4) is 0 Å². The van der Waals surface area contributed by atoms with Crippen LogP contribution < -0.4 is 5.32 Å². The first-order valence-corrected chi connectivity index (χ1v) is 5.89. The number of piperidine rings is 1. The maximum atomic E-state index is 13.9. The van der Waals surface area contributed by atoms with Gasteiger partial charge < -0.3 is 10.1 Å². The Kier molecular flexibility index (Phi) is 3.19. The van der Waals surface area contributed by atoms with Gasteiger partial charge in [-0.2, -0.15) is 0 Å². The van der Waals surface area contributed by atoms with Gasteiger partial charge in [-0.25, -0.2) is 8.78 Å². The number of ether oxygens (including phenoxy) is 1. The van der Waals surface area contributed by atoms with Crippen molar-refractivity contribution in [2.75, 3.05) is 19.7 Å². The van der Waals surface area contributed by atoms with Crippen LogP contribution in [-0.2, 0) is 4.74 Å². The predicted molar refractivity (Wildman–Crippen MR) is 59.2 cm³/mol. The molecule has 3 atom stereocenters. The molecule has 1 spiro atoms. The van der Waals surface area contributed by atoms with Crippen molar-refractivity contribution in [3.05, 3.63) is 0 Å². The summed E-state index contributed by atoms with van der Waals surface area (Å²) < 4.78 is 33.2. The zero-order chi connectivity index (χ0) is 10.5. The van der Waals surface area contributed by atoms with Crippen molar-refractivity contribution in [2.45, 2.75) is 37.7 Å². The highest BCUT2D eigenvalue weighted by Gasteiger charge is 2.81. The lowest BCUT2D eigenvalue weighted by Crippen LogP contribution is -2.35. The molecule has 0 amide bonds. The lowest BCUT2D eigenvalue weighted by atomic mass is 9.91. The first-order valence-electron chi connectivity index (χ1n) is 5.89. The Labute approximate surface area is 101 Å². The quantitative estimate of drug-likeness (QED) is 0.774. The van der Waals surface area contributed by atoms with Crippen LogP contribution in [0.4, 0.5) is 8.78 Å². The van der Waals surface area contributed by atoms with Gasteiger partial charge in [0.05, 0.1) is 17.4 Å². The van der Waals surface area contributed by atoms with Crippen LogP contribution in [0.1, 0.15) is 25.7 Å². The smallest absolute Gasteiger partial charge is 0.261 e. The van der Waals surface area contributed by atoms with Crippen LogP contribution in [0.2, 0.25) is 0 Å². The van der Waals surface area contributed by atoms with Crippen molar-refractivity contribution in [1.29, 1.82) is 0 Å². The lowest BCUT2D eigenvalue weighted by molar-refractivity contribution is 0.0234. The van der Waals surface area contributed by atoms with Gasteiger partial charge >= 0.3 is 0 Å². The van der Waals surface area contributed by atoms with Crippen molar-refractivity contribution in [2.24, 2.45) is 11.3 Å². The van der Waals surface area contributed by atoms with E-state index in [-0.39, 0.29) is 18.5 Å². The molecule has 1 saturated carbocycles. The Hall–Kier alpha value is 0.0700. The molecule has 0 aromatic carbocycles. The van der Waals surface area contributed by atoms with Crippen molar-refractivity contribution >= 4 is 12.4 Å². The molecule has 3 unspecified atom stereocenters. The molecule has 2 heterocycles. The van der Waals surface area contributed by atoms with E-state index in [0.717, 1.165) is 25.8 Å². The van der Waals surface area contributed by atoms with E-state index in [1.807, 2.05) is 0 Å². The molecule has 2 nitrogen and oxygen atoms in total. The van der Waals surface area contributed by atoms with Crippen molar-refractivity contribution in [1.82, 2.24) is 5.32 Å². The van der Waals surface area contributed by atoms with Gasteiger partial charge in [0.25, 0.3) is 5.92 Å². The van der Waals surface area contributed by atoms with Gasteiger partial charge in [-0.1, -0.05) is 0 Å². The highest BCUT2D eigenvalue weighted by atomic mass is 35.5. The van der Waals surface area contributed by atoms with Crippen LogP contribution in [0.25, 0.3) is 0 Å². The standard InChI is InChI=1S/C11H17F2NO.ClH/c12-11(13)9(8-3-1-6-15-8)10(11)4-2-5-14-7-10;/h8-9,14H,1-7H2;1H. The summed E-state index contributed by atoms with van der Waals surface area (Å²) in [5, 5.41) is 3.11. The van der Waals surface area contributed by atoms with Gasteiger partial charge in [-0.3, -0.25) is 0 Å². The fourth-order valence-corrected chi connectivity index (χ4v) is 3.47. The van der Waals surface area contributed by atoms with Crippen LogP contribution in [0.15, 0.2) is 0 Å². The van der Waals surface area contributed by atoms with Crippen LogP contribution in [0.5, 0.6) is 0 Å². The monoisotopic (exact) mass is 253 g/mol. The van der Waals surface area contributed by atoms with E-state index >= 15 is 0 Å². The molecule has 1 N–H and O–H groups in total. The number of hydrogen-bond donors (Lipinski definition) is 1. The molecule has 94 valence electrons. The summed E-state index contributed by atoms with van der Waals surface area (Å²) in [6.07, 6.45) is 3.12. The Morgan fingerprint density at radius 1 is 1.25 bits per heavy atom. The number of halogens is 3. The minimum atomic E-state index is -2.49. The lowest BCUT2D eigenvalue weighted by Gasteiger charge is -2.23. The first-order chi connectivity index (χ1) is 7.18. The average molecular weight is 254 g/mol. The summed E-state index contributed by atoms with van der Waals surface area (Å²) >= 11 is 0. The summed E-state index contributed by atoms with van der Waals surface area (Å²) in [6.45, 7) is 2.03. The highest BCUT2D eigenvalue weighted by molar-refractivity contribution is 5.85. The summed E-state index contributed by atoms with van der Waals surface area (Å²) in [4.78, 5) is 0.